The van der Waals surface area contributed by atoms with Crippen LogP contribution in [0.5, 0.6) is 0 Å². The van der Waals surface area contributed by atoms with Crippen LogP contribution >= 0.6 is 12.2 Å². The molecule has 1 aromatic carbocycles. The summed E-state index contributed by atoms with van der Waals surface area (Å²) in [5.74, 6) is -0.200. The smallest absolute Gasteiger partial charge is 0.123 e. The van der Waals surface area contributed by atoms with Crippen LogP contribution in [0.4, 0.5) is 4.39 Å². The lowest BCUT2D eigenvalue weighted by atomic mass is 10.2. The van der Waals surface area contributed by atoms with Gasteiger partial charge >= 0.3 is 0 Å². The van der Waals surface area contributed by atoms with E-state index in [2.05, 4.69) is 12.2 Å². The van der Waals surface area contributed by atoms with Crippen molar-refractivity contribution in [2.24, 2.45) is 0 Å². The molecule has 0 aliphatic heterocycles. The molecule has 2 heteroatoms. The van der Waals surface area contributed by atoms with E-state index in [1.54, 1.807) is 11.4 Å². The second-order valence-corrected chi connectivity index (χ2v) is 2.33. The lowest BCUT2D eigenvalue weighted by Gasteiger charge is -1.93. The number of halogens is 1. The lowest BCUT2D eigenvalue weighted by molar-refractivity contribution is 0.626. The molecule has 0 aliphatic rings. The molecule has 0 aliphatic carbocycles. The third-order valence-electron chi connectivity index (χ3n) is 1.21. The fourth-order valence-corrected chi connectivity index (χ4v) is 0.953. The average Bonchev–Trinajstić information content (AvgIpc) is 1.88. The van der Waals surface area contributed by atoms with Crippen molar-refractivity contribution in [2.45, 2.75) is 6.42 Å². The Balaban J connectivity index is 2.84. The minimum Gasteiger partial charge on any atom is -0.207 e. The molecule has 0 aromatic heterocycles. The van der Waals surface area contributed by atoms with Crippen LogP contribution in [0.3, 0.4) is 0 Å². The van der Waals surface area contributed by atoms with Crippen LogP contribution in [0.15, 0.2) is 24.3 Å². The van der Waals surface area contributed by atoms with Gasteiger partial charge in [0.25, 0.3) is 0 Å². The summed E-state index contributed by atoms with van der Waals surface area (Å²) in [5.41, 5.74) is 0.926. The standard InChI is InChI=1S/C8H7FS/c9-8-3-1-2-7(6-8)4-5-10/h1-3,5-6H,4H2. The van der Waals surface area contributed by atoms with Crippen molar-refractivity contribution in [3.63, 3.8) is 0 Å². The summed E-state index contributed by atoms with van der Waals surface area (Å²) in [5, 5.41) is 1.59. The predicted molar refractivity (Wildman–Crippen MR) is 43.8 cm³/mol. The van der Waals surface area contributed by atoms with Crippen molar-refractivity contribution in [3.05, 3.63) is 35.6 Å². The molecular weight excluding hydrogens is 147 g/mol. The number of benzene rings is 1. The molecule has 0 radical (unpaired) electrons. The maximum atomic E-state index is 12.4. The zero-order valence-electron chi connectivity index (χ0n) is 5.38. The van der Waals surface area contributed by atoms with Crippen LogP contribution < -0.4 is 0 Å². The number of hydrogen-bond donors (Lipinski definition) is 0. The summed E-state index contributed by atoms with van der Waals surface area (Å²) < 4.78 is 12.4. The Morgan fingerprint density at radius 1 is 1.50 bits per heavy atom. The van der Waals surface area contributed by atoms with Crippen LogP contribution in [0.2, 0.25) is 0 Å². The first-order valence-electron chi connectivity index (χ1n) is 3.01. The van der Waals surface area contributed by atoms with E-state index in [1.807, 2.05) is 6.07 Å². The molecule has 0 atom stereocenters. The quantitative estimate of drug-likeness (QED) is 0.589. The van der Waals surface area contributed by atoms with Crippen LogP contribution in [-0.4, -0.2) is 5.37 Å². The lowest BCUT2D eigenvalue weighted by Crippen LogP contribution is -1.84. The van der Waals surface area contributed by atoms with Gasteiger partial charge in [-0.2, -0.15) is 0 Å². The summed E-state index contributed by atoms with van der Waals surface area (Å²) in [6.45, 7) is 0. The summed E-state index contributed by atoms with van der Waals surface area (Å²) in [7, 11) is 0. The molecule has 0 heterocycles. The number of rotatable bonds is 2. The first-order valence-corrected chi connectivity index (χ1v) is 3.48. The topological polar surface area (TPSA) is 0 Å². The van der Waals surface area contributed by atoms with Crippen molar-refractivity contribution in [1.29, 1.82) is 0 Å². The van der Waals surface area contributed by atoms with E-state index in [1.165, 1.54) is 12.1 Å². The molecule has 0 saturated heterocycles. The zero-order chi connectivity index (χ0) is 7.40. The van der Waals surface area contributed by atoms with Gasteiger partial charge in [0.1, 0.15) is 5.82 Å². The molecule has 1 rings (SSSR count). The van der Waals surface area contributed by atoms with Gasteiger partial charge < -0.3 is 0 Å². The number of hydrogen-bond acceptors (Lipinski definition) is 1. The van der Waals surface area contributed by atoms with Crippen molar-refractivity contribution in [1.82, 2.24) is 0 Å². The fraction of sp³-hybridized carbons (Fsp3) is 0.125. The monoisotopic (exact) mass is 154 g/mol. The second-order valence-electron chi connectivity index (χ2n) is 2.00. The molecule has 0 unspecified atom stereocenters. The molecule has 0 saturated carbocycles. The Labute approximate surface area is 64.7 Å². The second kappa shape index (κ2) is 3.42. The minimum atomic E-state index is -0.200. The molecule has 1 aromatic rings. The highest BCUT2D eigenvalue weighted by atomic mass is 32.1. The molecule has 0 nitrogen and oxygen atoms in total. The highest BCUT2D eigenvalue weighted by molar-refractivity contribution is 7.78. The normalized spacial score (nSPS) is 9.30. The first kappa shape index (κ1) is 7.35. The van der Waals surface area contributed by atoms with Crippen molar-refractivity contribution in [3.8, 4) is 0 Å². The minimum absolute atomic E-state index is 0.200. The Morgan fingerprint density at radius 3 is 2.90 bits per heavy atom. The molecule has 0 spiro atoms. The molecular formula is C8H7FS. The summed E-state index contributed by atoms with van der Waals surface area (Å²) in [6.07, 6.45) is 0.660. The average molecular weight is 154 g/mol. The van der Waals surface area contributed by atoms with Gasteiger partial charge in [-0.1, -0.05) is 24.4 Å². The van der Waals surface area contributed by atoms with Gasteiger partial charge in [0.05, 0.1) is 0 Å². The van der Waals surface area contributed by atoms with Crippen LogP contribution in [0, 0.1) is 5.82 Å². The van der Waals surface area contributed by atoms with Crippen LogP contribution in [0.25, 0.3) is 0 Å². The molecule has 52 valence electrons. The highest BCUT2D eigenvalue weighted by Gasteiger charge is 1.90. The molecule has 0 bridgehead atoms. The van der Waals surface area contributed by atoms with Gasteiger partial charge in [0, 0.05) is 6.42 Å². The predicted octanol–water partition coefficient (Wildman–Crippen LogP) is 2.37. The maximum absolute atomic E-state index is 12.4. The maximum Gasteiger partial charge on any atom is 0.123 e. The Kier molecular flexibility index (Phi) is 2.51. The highest BCUT2D eigenvalue weighted by Crippen LogP contribution is 2.02. The third kappa shape index (κ3) is 1.88. The molecule has 0 amide bonds. The van der Waals surface area contributed by atoms with E-state index in [4.69, 9.17) is 0 Å². The van der Waals surface area contributed by atoms with E-state index >= 15 is 0 Å². The van der Waals surface area contributed by atoms with Gasteiger partial charge in [-0.05, 0) is 23.1 Å². The van der Waals surface area contributed by atoms with Crippen molar-refractivity contribution in [2.75, 3.05) is 0 Å². The Bertz CT molecular complexity index is 232. The summed E-state index contributed by atoms with van der Waals surface area (Å²) >= 11 is 4.63. The van der Waals surface area contributed by atoms with Gasteiger partial charge in [0.2, 0.25) is 0 Å². The largest absolute Gasteiger partial charge is 0.207 e. The fourth-order valence-electron chi connectivity index (χ4n) is 0.760. The van der Waals surface area contributed by atoms with Gasteiger partial charge in [-0.25, -0.2) is 4.39 Å². The van der Waals surface area contributed by atoms with E-state index in [9.17, 15) is 4.39 Å². The SMILES string of the molecule is Fc1cccc(CC=S)c1. The summed E-state index contributed by atoms with van der Waals surface area (Å²) in [4.78, 5) is 0. The van der Waals surface area contributed by atoms with Gasteiger partial charge in [0.15, 0.2) is 0 Å². The van der Waals surface area contributed by atoms with Crippen molar-refractivity contribution < 1.29 is 4.39 Å². The molecule has 10 heavy (non-hydrogen) atoms. The first-order chi connectivity index (χ1) is 4.83. The van der Waals surface area contributed by atoms with Crippen LogP contribution in [-0.2, 0) is 6.42 Å². The number of thiocarbonyl (C=S) groups is 1. The van der Waals surface area contributed by atoms with E-state index in [-0.39, 0.29) is 5.82 Å². The van der Waals surface area contributed by atoms with Crippen LogP contribution in [0.1, 0.15) is 5.56 Å². The van der Waals surface area contributed by atoms with Crippen molar-refractivity contribution >= 4 is 17.6 Å². The molecule has 0 N–H and O–H groups in total. The Hall–Kier alpha value is -0.760. The molecule has 0 fully saturated rings. The summed E-state index contributed by atoms with van der Waals surface area (Å²) in [6, 6.07) is 6.45. The van der Waals surface area contributed by atoms with Gasteiger partial charge in [-0.15, -0.1) is 0 Å². The zero-order valence-corrected chi connectivity index (χ0v) is 6.20. The van der Waals surface area contributed by atoms with E-state index < -0.39 is 0 Å². The van der Waals surface area contributed by atoms with E-state index in [0.717, 1.165) is 5.56 Å². The van der Waals surface area contributed by atoms with E-state index in [0.29, 0.717) is 6.42 Å². The Morgan fingerprint density at radius 2 is 2.30 bits per heavy atom. The third-order valence-corrected chi connectivity index (χ3v) is 1.37. The van der Waals surface area contributed by atoms with Gasteiger partial charge in [-0.3, -0.25) is 0 Å².